The summed E-state index contributed by atoms with van der Waals surface area (Å²) in [7, 11) is 1.68. The lowest BCUT2D eigenvalue weighted by atomic mass is 10.2. The Kier molecular flexibility index (Phi) is 4.24. The van der Waals surface area contributed by atoms with Crippen molar-refractivity contribution in [1.29, 1.82) is 0 Å². The van der Waals surface area contributed by atoms with Gasteiger partial charge in [-0.3, -0.25) is 4.79 Å². The number of pyridine rings is 1. The first-order chi connectivity index (χ1) is 12.7. The second-order valence-corrected chi connectivity index (χ2v) is 6.50. The Bertz CT molecular complexity index is 960. The molecule has 6 heteroatoms. The number of carbonyl (C=O) groups is 1. The van der Waals surface area contributed by atoms with E-state index in [4.69, 9.17) is 4.74 Å². The molecule has 0 saturated heterocycles. The van der Waals surface area contributed by atoms with E-state index < -0.39 is 0 Å². The molecule has 1 aliphatic rings. The van der Waals surface area contributed by atoms with E-state index in [0.717, 1.165) is 47.4 Å². The number of ether oxygens (including phenoxy) is 1. The molecule has 26 heavy (non-hydrogen) atoms. The topological polar surface area (TPSA) is 68.2 Å². The zero-order chi connectivity index (χ0) is 18.1. The van der Waals surface area contributed by atoms with Crippen LogP contribution in [-0.4, -0.2) is 22.6 Å². The first-order valence-corrected chi connectivity index (χ1v) is 8.89. The highest BCUT2D eigenvalue weighted by atomic mass is 16.5. The number of rotatable bonds is 6. The summed E-state index contributed by atoms with van der Waals surface area (Å²) in [5.41, 5.74) is 2.79. The third-order valence-corrected chi connectivity index (χ3v) is 4.67. The number of hydrogen-bond acceptors (Lipinski definition) is 4. The van der Waals surface area contributed by atoms with Crippen LogP contribution in [0.15, 0.2) is 42.7 Å². The SMILES string of the molecule is CCn1ccc2ccc(Nc3ccnc(NC(=O)C4CC4)c3)c(OC)c21. The van der Waals surface area contributed by atoms with Crippen molar-refractivity contribution in [1.82, 2.24) is 9.55 Å². The Morgan fingerprint density at radius 1 is 1.31 bits per heavy atom. The Labute approximate surface area is 152 Å². The Morgan fingerprint density at radius 3 is 2.88 bits per heavy atom. The molecule has 2 heterocycles. The molecule has 134 valence electrons. The molecule has 6 nitrogen and oxygen atoms in total. The standard InChI is InChI=1S/C20H22N4O2/c1-3-24-11-9-13-6-7-16(19(26-2)18(13)24)22-15-8-10-21-17(12-15)23-20(25)14-4-5-14/h6-12,14H,3-5H2,1-2H3,(H2,21,22,23,25). The van der Waals surface area contributed by atoms with Crippen LogP contribution in [-0.2, 0) is 11.3 Å². The zero-order valence-corrected chi connectivity index (χ0v) is 15.0. The number of benzene rings is 1. The highest BCUT2D eigenvalue weighted by Gasteiger charge is 2.29. The maximum Gasteiger partial charge on any atom is 0.228 e. The summed E-state index contributed by atoms with van der Waals surface area (Å²) in [5, 5.41) is 7.40. The van der Waals surface area contributed by atoms with E-state index in [1.54, 1.807) is 13.3 Å². The van der Waals surface area contributed by atoms with Gasteiger partial charge in [0, 0.05) is 42.0 Å². The molecule has 2 N–H and O–H groups in total. The summed E-state index contributed by atoms with van der Waals surface area (Å²) in [4.78, 5) is 16.2. The number of hydrogen-bond donors (Lipinski definition) is 2. The highest BCUT2D eigenvalue weighted by molar-refractivity contribution is 5.94. The number of nitrogens with one attached hydrogen (secondary N) is 2. The van der Waals surface area contributed by atoms with Crippen LogP contribution in [0, 0.1) is 5.92 Å². The van der Waals surface area contributed by atoms with Gasteiger partial charge in [0.25, 0.3) is 0 Å². The van der Waals surface area contributed by atoms with Crippen molar-refractivity contribution in [2.45, 2.75) is 26.3 Å². The monoisotopic (exact) mass is 350 g/mol. The fourth-order valence-corrected chi connectivity index (χ4v) is 3.14. The molecule has 1 aliphatic carbocycles. The minimum atomic E-state index is 0.0504. The smallest absolute Gasteiger partial charge is 0.228 e. The van der Waals surface area contributed by atoms with Crippen molar-refractivity contribution in [2.75, 3.05) is 17.7 Å². The Balaban J connectivity index is 1.63. The van der Waals surface area contributed by atoms with E-state index in [1.165, 1.54) is 0 Å². The van der Waals surface area contributed by atoms with Gasteiger partial charge in [-0.25, -0.2) is 4.98 Å². The number of methoxy groups -OCH3 is 1. The second-order valence-electron chi connectivity index (χ2n) is 6.50. The third-order valence-electron chi connectivity index (χ3n) is 4.67. The Hall–Kier alpha value is -3.02. The number of nitrogens with zero attached hydrogens (tertiary/aromatic N) is 2. The van der Waals surface area contributed by atoms with Gasteiger partial charge in [0.15, 0.2) is 5.75 Å². The van der Waals surface area contributed by atoms with Gasteiger partial charge in [0.05, 0.1) is 18.3 Å². The highest BCUT2D eigenvalue weighted by Crippen LogP contribution is 2.36. The third kappa shape index (κ3) is 3.10. The second kappa shape index (κ2) is 6.71. The number of fused-ring (bicyclic) bond motifs is 1. The molecule has 2 aromatic heterocycles. The number of aromatic nitrogens is 2. The van der Waals surface area contributed by atoms with Crippen LogP contribution in [0.4, 0.5) is 17.2 Å². The van der Waals surface area contributed by atoms with Crippen molar-refractivity contribution in [3.05, 3.63) is 42.7 Å². The van der Waals surface area contributed by atoms with E-state index in [0.29, 0.717) is 5.82 Å². The van der Waals surface area contributed by atoms with Crippen LogP contribution in [0.3, 0.4) is 0 Å². The van der Waals surface area contributed by atoms with Crippen LogP contribution in [0.2, 0.25) is 0 Å². The molecule has 0 atom stereocenters. The lowest BCUT2D eigenvalue weighted by Gasteiger charge is -2.14. The fourth-order valence-electron chi connectivity index (χ4n) is 3.14. The van der Waals surface area contributed by atoms with Crippen molar-refractivity contribution in [3.8, 4) is 5.75 Å². The summed E-state index contributed by atoms with van der Waals surface area (Å²) >= 11 is 0. The molecule has 0 aliphatic heterocycles. The predicted molar refractivity (Wildman–Crippen MR) is 103 cm³/mol. The molecule has 0 bridgehead atoms. The summed E-state index contributed by atoms with van der Waals surface area (Å²) in [5.74, 6) is 1.56. The van der Waals surface area contributed by atoms with Gasteiger partial charge in [0.2, 0.25) is 5.91 Å². The van der Waals surface area contributed by atoms with Gasteiger partial charge >= 0.3 is 0 Å². The van der Waals surface area contributed by atoms with E-state index in [2.05, 4.69) is 45.4 Å². The van der Waals surface area contributed by atoms with Crippen molar-refractivity contribution < 1.29 is 9.53 Å². The quantitative estimate of drug-likeness (QED) is 0.700. The van der Waals surface area contributed by atoms with Crippen LogP contribution >= 0.6 is 0 Å². The summed E-state index contributed by atoms with van der Waals surface area (Å²) in [6.07, 6.45) is 5.69. The van der Waals surface area contributed by atoms with Gasteiger partial charge in [-0.15, -0.1) is 0 Å². The molecular weight excluding hydrogens is 328 g/mol. The predicted octanol–water partition coefficient (Wildman–Crippen LogP) is 4.16. The molecular formula is C20H22N4O2. The summed E-state index contributed by atoms with van der Waals surface area (Å²) < 4.78 is 7.86. The molecule has 4 rings (SSSR count). The van der Waals surface area contributed by atoms with Crippen molar-refractivity contribution >= 4 is 34.0 Å². The van der Waals surface area contributed by atoms with Crippen LogP contribution in [0.25, 0.3) is 10.9 Å². The minimum Gasteiger partial charge on any atom is -0.492 e. The molecule has 0 radical (unpaired) electrons. The average molecular weight is 350 g/mol. The van der Waals surface area contributed by atoms with Crippen molar-refractivity contribution in [3.63, 3.8) is 0 Å². The molecule has 3 aromatic rings. The fraction of sp³-hybridized carbons (Fsp3) is 0.300. The maximum absolute atomic E-state index is 11.9. The van der Waals surface area contributed by atoms with E-state index in [9.17, 15) is 4.79 Å². The van der Waals surface area contributed by atoms with Gasteiger partial charge in [0.1, 0.15) is 5.82 Å². The molecule has 1 saturated carbocycles. The van der Waals surface area contributed by atoms with Gasteiger partial charge in [-0.05, 0) is 38.0 Å². The van der Waals surface area contributed by atoms with Crippen LogP contribution in [0.1, 0.15) is 19.8 Å². The van der Waals surface area contributed by atoms with Gasteiger partial charge in [-0.2, -0.15) is 0 Å². The minimum absolute atomic E-state index is 0.0504. The first kappa shape index (κ1) is 16.4. The maximum atomic E-state index is 11.9. The number of amides is 1. The van der Waals surface area contributed by atoms with E-state index >= 15 is 0 Å². The van der Waals surface area contributed by atoms with E-state index in [1.807, 2.05) is 18.2 Å². The lowest BCUT2D eigenvalue weighted by Crippen LogP contribution is -2.14. The van der Waals surface area contributed by atoms with Gasteiger partial charge < -0.3 is 19.9 Å². The average Bonchev–Trinajstić information content (AvgIpc) is 3.42. The largest absolute Gasteiger partial charge is 0.492 e. The Morgan fingerprint density at radius 2 is 2.15 bits per heavy atom. The molecule has 1 amide bonds. The lowest BCUT2D eigenvalue weighted by molar-refractivity contribution is -0.117. The molecule has 1 aromatic carbocycles. The normalized spacial score (nSPS) is 13.6. The zero-order valence-electron chi connectivity index (χ0n) is 15.0. The van der Waals surface area contributed by atoms with Crippen LogP contribution < -0.4 is 15.4 Å². The summed E-state index contributed by atoms with van der Waals surface area (Å²) in [6.45, 7) is 2.98. The van der Waals surface area contributed by atoms with Gasteiger partial charge in [-0.1, -0.05) is 6.07 Å². The van der Waals surface area contributed by atoms with Crippen LogP contribution in [0.5, 0.6) is 5.75 Å². The first-order valence-electron chi connectivity index (χ1n) is 8.89. The van der Waals surface area contributed by atoms with Crippen molar-refractivity contribution in [2.24, 2.45) is 5.92 Å². The number of anilines is 3. The number of carbonyl (C=O) groups excluding carboxylic acids is 1. The van der Waals surface area contributed by atoms with E-state index in [-0.39, 0.29) is 11.8 Å². The molecule has 0 spiro atoms. The molecule has 1 fully saturated rings. The summed E-state index contributed by atoms with van der Waals surface area (Å²) in [6, 6.07) is 9.87. The number of aryl methyl sites for hydroxylation is 1. The molecule has 0 unspecified atom stereocenters.